The number of nitrogens with one attached hydrogen (secondary N) is 1. The lowest BCUT2D eigenvalue weighted by molar-refractivity contribution is 0.411. The van der Waals surface area contributed by atoms with E-state index in [2.05, 4.69) is 52.1 Å². The second kappa shape index (κ2) is 7.55. The van der Waals surface area contributed by atoms with Gasteiger partial charge in [-0.05, 0) is 65.2 Å². The van der Waals surface area contributed by atoms with Gasteiger partial charge in [0.05, 0.1) is 11.6 Å². The van der Waals surface area contributed by atoms with Crippen molar-refractivity contribution < 1.29 is 4.74 Å². The summed E-state index contributed by atoms with van der Waals surface area (Å²) in [6, 6.07) is 6.98. The summed E-state index contributed by atoms with van der Waals surface area (Å²) in [5, 5.41) is 4.42. The van der Waals surface area contributed by atoms with Crippen LogP contribution in [0.2, 0.25) is 0 Å². The molecule has 19 heavy (non-hydrogen) atoms. The number of halogens is 1. The summed E-state index contributed by atoms with van der Waals surface area (Å²) in [5.41, 5.74) is 1.37. The fourth-order valence-corrected chi connectivity index (χ4v) is 4.59. The molecule has 1 aromatic carbocycles. The molecule has 0 saturated carbocycles. The average molecular weight is 344 g/mol. The third-order valence-electron chi connectivity index (χ3n) is 3.55. The highest BCUT2D eigenvalue weighted by Crippen LogP contribution is 2.31. The van der Waals surface area contributed by atoms with E-state index >= 15 is 0 Å². The molecule has 0 bridgehead atoms. The second-order valence-electron chi connectivity index (χ2n) is 4.89. The van der Waals surface area contributed by atoms with E-state index in [9.17, 15) is 0 Å². The molecule has 1 fully saturated rings. The maximum Gasteiger partial charge on any atom is 0.133 e. The van der Waals surface area contributed by atoms with E-state index < -0.39 is 0 Å². The first-order valence-corrected chi connectivity index (χ1v) is 8.76. The number of thioether (sulfide) groups is 1. The predicted molar refractivity (Wildman–Crippen MR) is 87.3 cm³/mol. The second-order valence-corrected chi connectivity index (χ2v) is 7.09. The van der Waals surface area contributed by atoms with E-state index in [4.69, 9.17) is 4.74 Å². The molecule has 1 aromatic rings. The maximum absolute atomic E-state index is 5.29. The number of methoxy groups -OCH3 is 1. The van der Waals surface area contributed by atoms with Crippen molar-refractivity contribution in [2.75, 3.05) is 19.4 Å². The van der Waals surface area contributed by atoms with Gasteiger partial charge in [0.1, 0.15) is 5.75 Å². The molecule has 1 aliphatic rings. The van der Waals surface area contributed by atoms with E-state index in [1.807, 2.05) is 6.07 Å². The zero-order valence-electron chi connectivity index (χ0n) is 11.6. The predicted octanol–water partition coefficient (Wildman–Crippen LogP) is 3.87. The summed E-state index contributed by atoms with van der Waals surface area (Å²) in [5.74, 6) is 2.22. The van der Waals surface area contributed by atoms with Gasteiger partial charge in [-0.1, -0.05) is 13.0 Å². The fourth-order valence-electron chi connectivity index (χ4n) is 2.61. The molecule has 2 unspecified atom stereocenters. The third kappa shape index (κ3) is 4.14. The van der Waals surface area contributed by atoms with Gasteiger partial charge in [-0.15, -0.1) is 0 Å². The summed E-state index contributed by atoms with van der Waals surface area (Å²) < 4.78 is 6.33. The molecule has 0 radical (unpaired) electrons. The van der Waals surface area contributed by atoms with Crippen LogP contribution in [0.25, 0.3) is 0 Å². The van der Waals surface area contributed by atoms with Crippen LogP contribution in [0, 0.1) is 0 Å². The van der Waals surface area contributed by atoms with Crippen molar-refractivity contribution in [1.82, 2.24) is 5.32 Å². The van der Waals surface area contributed by atoms with E-state index in [0.29, 0.717) is 6.04 Å². The Morgan fingerprint density at radius 3 is 2.95 bits per heavy atom. The van der Waals surface area contributed by atoms with Crippen LogP contribution >= 0.6 is 27.7 Å². The van der Waals surface area contributed by atoms with Crippen LogP contribution in [0.1, 0.15) is 25.3 Å². The van der Waals surface area contributed by atoms with Crippen molar-refractivity contribution >= 4 is 27.7 Å². The Bertz CT molecular complexity index is 407. The van der Waals surface area contributed by atoms with Gasteiger partial charge in [-0.25, -0.2) is 0 Å². The maximum atomic E-state index is 5.29. The standard InChI is InChI=1S/C15H22BrNOS/c1-3-17-13(15-5-4-8-19-15)10-11-6-7-14(18-2)12(16)9-11/h6-7,9,13,15,17H,3-5,8,10H2,1-2H3. The van der Waals surface area contributed by atoms with Crippen LogP contribution in [0.4, 0.5) is 0 Å². The van der Waals surface area contributed by atoms with Crippen molar-refractivity contribution in [3.05, 3.63) is 28.2 Å². The van der Waals surface area contributed by atoms with Gasteiger partial charge in [0.15, 0.2) is 0 Å². The monoisotopic (exact) mass is 343 g/mol. The summed E-state index contributed by atoms with van der Waals surface area (Å²) in [6.45, 7) is 3.23. The zero-order chi connectivity index (χ0) is 13.7. The minimum atomic E-state index is 0.581. The quantitative estimate of drug-likeness (QED) is 0.846. The number of rotatable bonds is 6. The number of hydrogen-bond acceptors (Lipinski definition) is 3. The molecule has 2 atom stereocenters. The molecule has 4 heteroatoms. The Kier molecular flexibility index (Phi) is 6.05. The van der Waals surface area contributed by atoms with Gasteiger partial charge < -0.3 is 10.1 Å². The van der Waals surface area contributed by atoms with Gasteiger partial charge in [-0.3, -0.25) is 0 Å². The van der Waals surface area contributed by atoms with Gasteiger partial charge in [0.2, 0.25) is 0 Å². The summed E-state index contributed by atoms with van der Waals surface area (Å²) in [6.07, 6.45) is 3.80. The Morgan fingerprint density at radius 2 is 2.37 bits per heavy atom. The van der Waals surface area contributed by atoms with Crippen LogP contribution < -0.4 is 10.1 Å². The minimum Gasteiger partial charge on any atom is -0.496 e. The van der Waals surface area contributed by atoms with Crippen LogP contribution in [-0.2, 0) is 6.42 Å². The molecule has 2 nitrogen and oxygen atoms in total. The number of hydrogen-bond donors (Lipinski definition) is 1. The Balaban J connectivity index is 2.05. The van der Waals surface area contributed by atoms with Crippen LogP contribution in [0.5, 0.6) is 5.75 Å². The molecule has 2 rings (SSSR count). The number of ether oxygens (including phenoxy) is 1. The SMILES string of the molecule is CCNC(Cc1ccc(OC)c(Br)c1)C1CCCS1. The molecule has 0 aliphatic carbocycles. The Labute approximate surface area is 128 Å². The largest absolute Gasteiger partial charge is 0.496 e. The van der Waals surface area contributed by atoms with Crippen LogP contribution in [-0.4, -0.2) is 30.7 Å². The molecule has 1 aliphatic heterocycles. The highest BCUT2D eigenvalue weighted by atomic mass is 79.9. The molecular formula is C15H22BrNOS. The average Bonchev–Trinajstić information content (AvgIpc) is 2.92. The minimum absolute atomic E-state index is 0.581. The van der Waals surface area contributed by atoms with E-state index in [0.717, 1.165) is 28.4 Å². The smallest absolute Gasteiger partial charge is 0.133 e. The summed E-state index contributed by atoms with van der Waals surface area (Å²) >= 11 is 5.69. The Morgan fingerprint density at radius 1 is 1.53 bits per heavy atom. The highest BCUT2D eigenvalue weighted by molar-refractivity contribution is 9.10. The lowest BCUT2D eigenvalue weighted by Gasteiger charge is -2.24. The molecule has 0 aromatic heterocycles. The van der Waals surface area contributed by atoms with Crippen LogP contribution in [0.3, 0.4) is 0 Å². The number of likely N-dealkylation sites (N-methyl/N-ethyl adjacent to an activating group) is 1. The molecule has 106 valence electrons. The van der Waals surface area contributed by atoms with Crippen molar-refractivity contribution in [2.24, 2.45) is 0 Å². The first-order chi connectivity index (χ1) is 9.24. The molecule has 1 saturated heterocycles. The van der Waals surface area contributed by atoms with Gasteiger partial charge >= 0.3 is 0 Å². The molecule has 1 heterocycles. The lowest BCUT2D eigenvalue weighted by atomic mass is 10.0. The highest BCUT2D eigenvalue weighted by Gasteiger charge is 2.25. The van der Waals surface area contributed by atoms with E-state index in [-0.39, 0.29) is 0 Å². The van der Waals surface area contributed by atoms with E-state index in [1.165, 1.54) is 24.2 Å². The summed E-state index contributed by atoms with van der Waals surface area (Å²) in [4.78, 5) is 0. The van der Waals surface area contributed by atoms with Crippen molar-refractivity contribution in [1.29, 1.82) is 0 Å². The fraction of sp³-hybridized carbons (Fsp3) is 0.600. The normalized spacial score (nSPS) is 20.5. The molecule has 0 spiro atoms. The van der Waals surface area contributed by atoms with Crippen molar-refractivity contribution in [3.8, 4) is 5.75 Å². The molecule has 1 N–H and O–H groups in total. The summed E-state index contributed by atoms with van der Waals surface area (Å²) in [7, 11) is 1.70. The van der Waals surface area contributed by atoms with Gasteiger partial charge in [-0.2, -0.15) is 11.8 Å². The zero-order valence-corrected chi connectivity index (χ0v) is 14.0. The van der Waals surface area contributed by atoms with Gasteiger partial charge in [0.25, 0.3) is 0 Å². The van der Waals surface area contributed by atoms with Crippen molar-refractivity contribution in [2.45, 2.75) is 37.5 Å². The first kappa shape index (κ1) is 15.2. The number of benzene rings is 1. The molecule has 0 amide bonds. The molecular weight excluding hydrogens is 322 g/mol. The van der Waals surface area contributed by atoms with Gasteiger partial charge in [0, 0.05) is 11.3 Å². The Hall–Kier alpha value is -0.190. The van der Waals surface area contributed by atoms with Crippen LogP contribution in [0.15, 0.2) is 22.7 Å². The van der Waals surface area contributed by atoms with E-state index in [1.54, 1.807) is 7.11 Å². The topological polar surface area (TPSA) is 21.3 Å². The van der Waals surface area contributed by atoms with Crippen molar-refractivity contribution in [3.63, 3.8) is 0 Å². The first-order valence-electron chi connectivity index (χ1n) is 6.92. The lowest BCUT2D eigenvalue weighted by Crippen LogP contribution is -2.38. The third-order valence-corrected chi connectivity index (χ3v) is 5.69.